The molecular weight excluding hydrogens is 372 g/mol. The summed E-state index contributed by atoms with van der Waals surface area (Å²) in [6.07, 6.45) is 0. The van der Waals surface area contributed by atoms with Gasteiger partial charge in [-0.05, 0) is 38.8 Å². The van der Waals surface area contributed by atoms with E-state index in [2.05, 4.69) is 0 Å². The molecule has 0 saturated carbocycles. The average molecular weight is 406 g/mol. The lowest BCUT2D eigenvalue weighted by Crippen LogP contribution is -2.33. The highest BCUT2D eigenvalue weighted by Crippen LogP contribution is 2.35. The Morgan fingerprint density at radius 1 is 0.464 bits per heavy atom. The third-order valence-electron chi connectivity index (χ3n) is 4.42. The molecule has 0 spiro atoms. The highest BCUT2D eigenvalue weighted by atomic mass is 16.5. The maximum Gasteiger partial charge on any atom is 0.312 e. The maximum absolute atomic E-state index is 12.2. The van der Waals surface area contributed by atoms with E-state index in [-0.39, 0.29) is 23.4 Å². The van der Waals surface area contributed by atoms with Crippen LogP contribution in [0.1, 0.15) is 27.7 Å². The summed E-state index contributed by atoms with van der Waals surface area (Å²) in [6.45, 7) is 6.15. The van der Waals surface area contributed by atoms with Crippen LogP contribution in [0.4, 0.5) is 0 Å². The molecular formula is C18H34N2O8. The van der Waals surface area contributed by atoms with Crippen molar-refractivity contribution >= 4 is 23.9 Å². The molecule has 6 N–H and O–H groups in total. The van der Waals surface area contributed by atoms with E-state index in [1.807, 2.05) is 0 Å². The first-order chi connectivity index (χ1) is 12.1. The Balaban J connectivity index is -0.00000312. The summed E-state index contributed by atoms with van der Waals surface area (Å²) in [5, 5.41) is 0. The van der Waals surface area contributed by atoms with Crippen molar-refractivity contribution in [1.29, 1.82) is 0 Å². The van der Waals surface area contributed by atoms with E-state index in [1.165, 1.54) is 56.1 Å². The normalized spacial score (nSPS) is 13.9. The molecule has 0 aliphatic heterocycles. The standard InChI is InChI=1S/C18H28O8.2H3N/c1-9(15(19)23-5)13(10(2)16(20)24-6)14(11(3)17(21)25-7)12(4)18(22)26-8;;/h9-12H,1-8H3;2*1H3. The molecule has 0 bridgehead atoms. The van der Waals surface area contributed by atoms with Crippen LogP contribution in [0.5, 0.6) is 0 Å². The van der Waals surface area contributed by atoms with Crippen molar-refractivity contribution in [1.82, 2.24) is 12.3 Å². The molecule has 0 aromatic rings. The van der Waals surface area contributed by atoms with E-state index in [9.17, 15) is 19.2 Å². The van der Waals surface area contributed by atoms with Gasteiger partial charge in [-0.15, -0.1) is 0 Å². The summed E-state index contributed by atoms with van der Waals surface area (Å²) < 4.78 is 19.1. The molecule has 10 heteroatoms. The second-order valence-corrected chi connectivity index (χ2v) is 5.89. The Labute approximate surface area is 166 Å². The molecule has 0 aromatic heterocycles. The number of methoxy groups -OCH3 is 4. The first-order valence-corrected chi connectivity index (χ1v) is 8.13. The molecule has 10 nitrogen and oxygen atoms in total. The molecule has 0 fully saturated rings. The number of esters is 4. The summed E-state index contributed by atoms with van der Waals surface area (Å²) >= 11 is 0. The fourth-order valence-corrected chi connectivity index (χ4v) is 2.96. The monoisotopic (exact) mass is 406 g/mol. The van der Waals surface area contributed by atoms with Crippen LogP contribution in [0.15, 0.2) is 11.1 Å². The molecule has 4 atom stereocenters. The minimum absolute atomic E-state index is 0. The lowest BCUT2D eigenvalue weighted by atomic mass is 9.77. The largest absolute Gasteiger partial charge is 0.469 e. The van der Waals surface area contributed by atoms with E-state index in [1.54, 1.807) is 0 Å². The lowest BCUT2D eigenvalue weighted by molar-refractivity contribution is -0.149. The molecule has 0 aromatic carbocycles. The van der Waals surface area contributed by atoms with Gasteiger partial charge in [-0.3, -0.25) is 19.2 Å². The summed E-state index contributed by atoms with van der Waals surface area (Å²) in [5.74, 6) is -5.98. The Morgan fingerprint density at radius 3 is 0.714 bits per heavy atom. The van der Waals surface area contributed by atoms with E-state index < -0.39 is 47.5 Å². The number of ether oxygens (including phenoxy) is 4. The van der Waals surface area contributed by atoms with Crippen molar-refractivity contribution in [2.75, 3.05) is 28.4 Å². The van der Waals surface area contributed by atoms with Gasteiger partial charge in [-0.25, -0.2) is 0 Å². The fraction of sp³-hybridized carbons (Fsp3) is 0.667. The van der Waals surface area contributed by atoms with Gasteiger partial charge in [0.1, 0.15) is 0 Å². The third-order valence-corrected chi connectivity index (χ3v) is 4.42. The third kappa shape index (κ3) is 6.93. The van der Waals surface area contributed by atoms with Gasteiger partial charge in [0.05, 0.1) is 52.1 Å². The van der Waals surface area contributed by atoms with E-state index in [0.717, 1.165) is 0 Å². The Morgan fingerprint density at radius 2 is 0.607 bits per heavy atom. The molecule has 0 saturated heterocycles. The molecule has 0 radical (unpaired) electrons. The van der Waals surface area contributed by atoms with Crippen LogP contribution in [-0.2, 0) is 38.1 Å². The zero-order chi connectivity index (χ0) is 20.6. The zero-order valence-electron chi connectivity index (χ0n) is 18.0. The summed E-state index contributed by atoms with van der Waals surface area (Å²) in [4.78, 5) is 48.6. The van der Waals surface area contributed by atoms with Crippen LogP contribution in [0.3, 0.4) is 0 Å². The molecule has 0 aliphatic carbocycles. The van der Waals surface area contributed by atoms with Crippen LogP contribution in [0.25, 0.3) is 0 Å². The second-order valence-electron chi connectivity index (χ2n) is 5.89. The minimum Gasteiger partial charge on any atom is -0.469 e. The SMILES string of the molecule is COC(=O)C(C)C(=C(C(C)C(=O)OC)C(C)C(=O)OC)C(C)C(=O)OC.N.N. The van der Waals surface area contributed by atoms with Crippen molar-refractivity contribution in [3.8, 4) is 0 Å². The van der Waals surface area contributed by atoms with Gasteiger partial charge < -0.3 is 31.2 Å². The van der Waals surface area contributed by atoms with Gasteiger partial charge in [0.25, 0.3) is 0 Å². The Bertz CT molecular complexity index is 490. The topological polar surface area (TPSA) is 175 Å². The van der Waals surface area contributed by atoms with Crippen molar-refractivity contribution < 1.29 is 38.1 Å². The number of hydrogen-bond donors (Lipinski definition) is 2. The number of carbonyl (C=O) groups is 4. The first-order valence-electron chi connectivity index (χ1n) is 8.13. The van der Waals surface area contributed by atoms with Gasteiger partial charge in [-0.1, -0.05) is 0 Å². The van der Waals surface area contributed by atoms with Crippen LogP contribution in [0.2, 0.25) is 0 Å². The second kappa shape index (κ2) is 13.7. The van der Waals surface area contributed by atoms with Gasteiger partial charge >= 0.3 is 23.9 Å². The quantitative estimate of drug-likeness (QED) is 0.343. The smallest absolute Gasteiger partial charge is 0.312 e. The molecule has 0 amide bonds. The molecule has 164 valence electrons. The molecule has 4 unspecified atom stereocenters. The van der Waals surface area contributed by atoms with E-state index in [0.29, 0.717) is 0 Å². The molecule has 0 heterocycles. The maximum atomic E-state index is 12.2. The van der Waals surface area contributed by atoms with Crippen molar-refractivity contribution in [3.63, 3.8) is 0 Å². The Hall–Kier alpha value is -2.46. The average Bonchev–Trinajstić information content (AvgIpc) is 2.66. The summed E-state index contributed by atoms with van der Waals surface area (Å²) in [7, 11) is 4.86. The zero-order valence-corrected chi connectivity index (χ0v) is 18.0. The molecule has 28 heavy (non-hydrogen) atoms. The van der Waals surface area contributed by atoms with Crippen molar-refractivity contribution in [2.45, 2.75) is 27.7 Å². The predicted octanol–water partition coefficient (Wildman–Crippen LogP) is 1.84. The van der Waals surface area contributed by atoms with E-state index >= 15 is 0 Å². The van der Waals surface area contributed by atoms with Crippen molar-refractivity contribution in [2.24, 2.45) is 23.7 Å². The number of rotatable bonds is 8. The van der Waals surface area contributed by atoms with Gasteiger partial charge in [0, 0.05) is 0 Å². The Kier molecular flexibility index (Phi) is 14.8. The predicted molar refractivity (Wildman–Crippen MR) is 102 cm³/mol. The van der Waals surface area contributed by atoms with Crippen LogP contribution >= 0.6 is 0 Å². The van der Waals surface area contributed by atoms with Gasteiger partial charge in [-0.2, -0.15) is 0 Å². The number of carbonyl (C=O) groups excluding carboxylic acids is 4. The van der Waals surface area contributed by atoms with Crippen molar-refractivity contribution in [3.05, 3.63) is 11.1 Å². The van der Waals surface area contributed by atoms with Crippen LogP contribution < -0.4 is 12.3 Å². The molecule has 0 rings (SSSR count). The minimum atomic E-state index is -0.886. The van der Waals surface area contributed by atoms with E-state index in [4.69, 9.17) is 18.9 Å². The fourth-order valence-electron chi connectivity index (χ4n) is 2.96. The molecule has 0 aliphatic rings. The van der Waals surface area contributed by atoms with Gasteiger partial charge in [0.15, 0.2) is 0 Å². The van der Waals surface area contributed by atoms with Crippen LogP contribution in [0, 0.1) is 23.7 Å². The first kappa shape index (κ1) is 30.3. The summed E-state index contributed by atoms with van der Waals surface area (Å²) in [5.41, 5.74) is 0.555. The lowest BCUT2D eigenvalue weighted by Gasteiger charge is -2.28. The highest BCUT2D eigenvalue weighted by Gasteiger charge is 2.38. The van der Waals surface area contributed by atoms with Gasteiger partial charge in [0.2, 0.25) is 0 Å². The number of hydrogen-bond acceptors (Lipinski definition) is 10. The van der Waals surface area contributed by atoms with Crippen LogP contribution in [-0.4, -0.2) is 52.3 Å². The highest BCUT2D eigenvalue weighted by molar-refractivity contribution is 5.86. The summed E-state index contributed by atoms with van der Waals surface area (Å²) in [6, 6.07) is 0.